The van der Waals surface area contributed by atoms with Crippen molar-refractivity contribution >= 4 is 22.9 Å². The van der Waals surface area contributed by atoms with E-state index in [9.17, 15) is 0 Å². The molecule has 0 aliphatic carbocycles. The van der Waals surface area contributed by atoms with Gasteiger partial charge in [-0.25, -0.2) is 9.97 Å². The van der Waals surface area contributed by atoms with Crippen LogP contribution < -0.4 is 21.1 Å². The van der Waals surface area contributed by atoms with Crippen molar-refractivity contribution in [3.63, 3.8) is 0 Å². The van der Waals surface area contributed by atoms with Crippen LogP contribution in [0.2, 0.25) is 0 Å². The van der Waals surface area contributed by atoms with Gasteiger partial charge in [0.1, 0.15) is 5.75 Å². The molecule has 8 heteroatoms. The predicted molar refractivity (Wildman–Crippen MR) is 127 cm³/mol. The Morgan fingerprint density at radius 2 is 2.16 bits per heavy atom. The number of nitrogens with zero attached hydrogens (tertiary/aromatic N) is 4. The second-order valence-corrected chi connectivity index (χ2v) is 8.46. The van der Waals surface area contributed by atoms with E-state index in [1.165, 1.54) is 24.1 Å². The van der Waals surface area contributed by atoms with E-state index in [0.717, 1.165) is 48.4 Å². The zero-order valence-corrected chi connectivity index (χ0v) is 18.6. The van der Waals surface area contributed by atoms with Gasteiger partial charge in [0, 0.05) is 47.8 Å². The van der Waals surface area contributed by atoms with Crippen LogP contribution in [0, 0.1) is 0 Å². The average molecular weight is 432 g/mol. The van der Waals surface area contributed by atoms with Crippen LogP contribution in [0.4, 0.5) is 17.3 Å². The fourth-order valence-electron chi connectivity index (χ4n) is 4.55. The number of rotatable bonds is 5. The third kappa shape index (κ3) is 3.93. The van der Waals surface area contributed by atoms with Crippen molar-refractivity contribution < 1.29 is 4.74 Å². The Morgan fingerprint density at radius 3 is 3.00 bits per heavy atom. The van der Waals surface area contributed by atoms with E-state index in [-0.39, 0.29) is 0 Å². The Kier molecular flexibility index (Phi) is 5.53. The van der Waals surface area contributed by atoms with Crippen molar-refractivity contribution in [3.05, 3.63) is 47.9 Å². The van der Waals surface area contributed by atoms with Crippen LogP contribution in [0.5, 0.6) is 5.75 Å². The van der Waals surface area contributed by atoms with Gasteiger partial charge in [-0.1, -0.05) is 6.08 Å². The standard InChI is InChI=1S/C24H29N7O/c1-15-11-16(6-8-26-15)17-12-23(32-2)21(13-19(17)25)30-24-27-9-7-20(29-24)18-14-28-31-10-4-3-5-22(18)31/h6-7,9,12-15,26H,3-5,8,10-11,25H2,1-2H3,(H,27,29,30). The van der Waals surface area contributed by atoms with Crippen molar-refractivity contribution in [1.82, 2.24) is 25.1 Å². The summed E-state index contributed by atoms with van der Waals surface area (Å²) in [6.45, 7) is 4.00. The quantitative estimate of drug-likeness (QED) is 0.528. The van der Waals surface area contributed by atoms with Crippen LogP contribution in [-0.4, -0.2) is 39.4 Å². The van der Waals surface area contributed by atoms with E-state index >= 15 is 0 Å². The molecule has 5 rings (SSSR count). The molecule has 0 amide bonds. The van der Waals surface area contributed by atoms with Crippen molar-refractivity contribution in [2.24, 2.45) is 0 Å². The minimum Gasteiger partial charge on any atom is -0.495 e. The number of hydrogen-bond acceptors (Lipinski definition) is 7. The van der Waals surface area contributed by atoms with Gasteiger partial charge >= 0.3 is 0 Å². The fraction of sp³-hybridized carbons (Fsp3) is 0.375. The first-order chi connectivity index (χ1) is 15.6. The van der Waals surface area contributed by atoms with Crippen LogP contribution in [0.3, 0.4) is 0 Å². The number of hydrogen-bond donors (Lipinski definition) is 3. The molecular formula is C24H29N7O. The number of ether oxygens (including phenoxy) is 1. The second-order valence-electron chi connectivity index (χ2n) is 8.46. The number of benzene rings is 1. The van der Waals surface area contributed by atoms with Crippen molar-refractivity contribution in [2.45, 2.75) is 45.2 Å². The molecule has 4 heterocycles. The minimum absolute atomic E-state index is 0.420. The topological polar surface area (TPSA) is 103 Å². The Labute approximate surface area is 187 Å². The molecule has 166 valence electrons. The smallest absolute Gasteiger partial charge is 0.227 e. The second kappa shape index (κ2) is 8.63. The lowest BCUT2D eigenvalue weighted by Gasteiger charge is -2.23. The molecule has 0 fully saturated rings. The fourth-order valence-corrected chi connectivity index (χ4v) is 4.55. The van der Waals surface area contributed by atoms with Gasteiger partial charge in [0.2, 0.25) is 5.95 Å². The predicted octanol–water partition coefficient (Wildman–Crippen LogP) is 3.78. The van der Waals surface area contributed by atoms with Crippen LogP contribution in [0.15, 0.2) is 36.7 Å². The number of methoxy groups -OCH3 is 1. The number of nitrogens with one attached hydrogen (secondary N) is 2. The maximum Gasteiger partial charge on any atom is 0.227 e. The molecule has 2 aliphatic rings. The number of aryl methyl sites for hydroxylation is 1. The summed E-state index contributed by atoms with van der Waals surface area (Å²) in [5, 5.41) is 11.3. The summed E-state index contributed by atoms with van der Waals surface area (Å²) in [5.41, 5.74) is 13.3. The molecule has 0 saturated carbocycles. The molecule has 1 unspecified atom stereocenters. The van der Waals surface area contributed by atoms with E-state index in [0.29, 0.717) is 23.4 Å². The summed E-state index contributed by atoms with van der Waals surface area (Å²) >= 11 is 0. The summed E-state index contributed by atoms with van der Waals surface area (Å²) < 4.78 is 7.77. The summed E-state index contributed by atoms with van der Waals surface area (Å²) in [4.78, 5) is 9.17. The maximum atomic E-state index is 6.45. The molecule has 3 aromatic rings. The van der Waals surface area contributed by atoms with E-state index in [4.69, 9.17) is 15.5 Å². The zero-order valence-electron chi connectivity index (χ0n) is 18.6. The van der Waals surface area contributed by atoms with Gasteiger partial charge in [-0.05, 0) is 56.4 Å². The molecule has 4 N–H and O–H groups in total. The van der Waals surface area contributed by atoms with E-state index in [1.54, 1.807) is 13.3 Å². The molecule has 1 aromatic carbocycles. The summed E-state index contributed by atoms with van der Waals surface area (Å²) in [7, 11) is 1.66. The summed E-state index contributed by atoms with van der Waals surface area (Å²) in [6, 6.07) is 6.25. The average Bonchev–Trinajstić information content (AvgIpc) is 3.24. The van der Waals surface area contributed by atoms with Gasteiger partial charge in [0.25, 0.3) is 0 Å². The van der Waals surface area contributed by atoms with Gasteiger partial charge in [-0.2, -0.15) is 5.10 Å². The molecule has 1 atom stereocenters. The lowest BCUT2D eigenvalue weighted by atomic mass is 9.94. The molecule has 8 nitrogen and oxygen atoms in total. The first-order valence-electron chi connectivity index (χ1n) is 11.2. The van der Waals surface area contributed by atoms with Gasteiger partial charge < -0.3 is 21.1 Å². The molecule has 0 spiro atoms. The highest BCUT2D eigenvalue weighted by atomic mass is 16.5. The van der Waals surface area contributed by atoms with Gasteiger partial charge in [0.05, 0.1) is 24.7 Å². The summed E-state index contributed by atoms with van der Waals surface area (Å²) in [6.07, 6.45) is 10.2. The lowest BCUT2D eigenvalue weighted by Crippen LogP contribution is -2.30. The Balaban J connectivity index is 1.44. The van der Waals surface area contributed by atoms with Gasteiger partial charge in [-0.15, -0.1) is 0 Å². The van der Waals surface area contributed by atoms with E-state index < -0.39 is 0 Å². The van der Waals surface area contributed by atoms with Crippen LogP contribution >= 0.6 is 0 Å². The highest BCUT2D eigenvalue weighted by Gasteiger charge is 2.19. The molecule has 0 bridgehead atoms. The number of fused-ring (bicyclic) bond motifs is 1. The van der Waals surface area contributed by atoms with Crippen LogP contribution in [0.25, 0.3) is 16.8 Å². The molecule has 0 saturated heterocycles. The Bertz CT molecular complexity index is 1170. The summed E-state index contributed by atoms with van der Waals surface area (Å²) in [5.74, 6) is 1.21. The molecule has 32 heavy (non-hydrogen) atoms. The first-order valence-corrected chi connectivity index (χ1v) is 11.2. The number of aromatic nitrogens is 4. The van der Waals surface area contributed by atoms with Crippen molar-refractivity contribution in [1.29, 1.82) is 0 Å². The highest BCUT2D eigenvalue weighted by Crippen LogP contribution is 2.37. The Hall–Kier alpha value is -3.39. The molecule has 2 aliphatic heterocycles. The SMILES string of the molecule is COc1cc(C2=CCNC(C)C2)c(N)cc1Nc1nccc(-c2cnn3c2CCCC3)n1. The number of anilines is 3. The van der Waals surface area contributed by atoms with Crippen molar-refractivity contribution in [2.75, 3.05) is 24.7 Å². The largest absolute Gasteiger partial charge is 0.495 e. The zero-order chi connectivity index (χ0) is 22.1. The van der Waals surface area contributed by atoms with E-state index in [2.05, 4.69) is 38.4 Å². The Morgan fingerprint density at radius 1 is 1.25 bits per heavy atom. The van der Waals surface area contributed by atoms with Crippen molar-refractivity contribution in [3.8, 4) is 17.0 Å². The first kappa shape index (κ1) is 20.5. The molecule has 2 aromatic heterocycles. The number of nitrogens with two attached hydrogens (primary N) is 1. The minimum atomic E-state index is 0.420. The maximum absolute atomic E-state index is 6.45. The van der Waals surface area contributed by atoms with Crippen LogP contribution in [0.1, 0.15) is 37.4 Å². The monoisotopic (exact) mass is 431 g/mol. The molecule has 0 radical (unpaired) electrons. The van der Waals surface area contributed by atoms with Gasteiger partial charge in [0.15, 0.2) is 0 Å². The third-order valence-electron chi connectivity index (χ3n) is 6.22. The normalized spacial score (nSPS) is 18.1. The number of nitrogen functional groups attached to an aromatic ring is 1. The van der Waals surface area contributed by atoms with Crippen LogP contribution in [-0.2, 0) is 13.0 Å². The van der Waals surface area contributed by atoms with Gasteiger partial charge in [-0.3, -0.25) is 4.68 Å². The lowest BCUT2D eigenvalue weighted by molar-refractivity contribution is 0.416. The third-order valence-corrected chi connectivity index (χ3v) is 6.22. The highest BCUT2D eigenvalue weighted by molar-refractivity contribution is 5.82. The molecular weight excluding hydrogens is 402 g/mol. The van der Waals surface area contributed by atoms with E-state index in [1.807, 2.05) is 24.4 Å².